The molecule has 1 atom stereocenters. The highest BCUT2D eigenvalue weighted by molar-refractivity contribution is 4.98. The maximum absolute atomic E-state index is 9.17. The summed E-state index contributed by atoms with van der Waals surface area (Å²) in [6, 6.07) is 0. The van der Waals surface area contributed by atoms with E-state index in [4.69, 9.17) is 5.11 Å². The van der Waals surface area contributed by atoms with Gasteiger partial charge in [-0.25, -0.2) is 0 Å². The van der Waals surface area contributed by atoms with E-state index in [0.717, 1.165) is 5.92 Å². The van der Waals surface area contributed by atoms with Gasteiger partial charge in [0.15, 0.2) is 0 Å². The highest BCUT2D eigenvalue weighted by atomic mass is 16.3. The molecule has 2 aliphatic rings. The molecule has 1 fully saturated rings. The highest BCUT2D eigenvalue weighted by Gasteiger charge is 2.43. The van der Waals surface area contributed by atoms with Crippen molar-refractivity contribution in [2.45, 2.75) is 38.5 Å². The van der Waals surface area contributed by atoms with E-state index < -0.39 is 0 Å². The summed E-state index contributed by atoms with van der Waals surface area (Å²) in [4.78, 5) is 0. The summed E-state index contributed by atoms with van der Waals surface area (Å²) in [7, 11) is 0. The lowest BCUT2D eigenvalue weighted by Crippen LogP contribution is -2.14. The lowest BCUT2D eigenvalue weighted by Gasteiger charge is -2.22. The third-order valence-corrected chi connectivity index (χ3v) is 3.39. The molecule has 1 N–H and O–H groups in total. The van der Waals surface area contributed by atoms with Crippen LogP contribution in [0.25, 0.3) is 0 Å². The normalized spacial score (nSPS) is 31.9. The molecular weight excluding hydrogens is 148 g/mol. The third kappa shape index (κ3) is 1.71. The monoisotopic (exact) mass is 166 g/mol. The first-order valence-electron chi connectivity index (χ1n) is 5.11. The van der Waals surface area contributed by atoms with Crippen LogP contribution in [0.1, 0.15) is 38.5 Å². The molecule has 0 amide bonds. The van der Waals surface area contributed by atoms with Gasteiger partial charge in [0.25, 0.3) is 0 Å². The summed E-state index contributed by atoms with van der Waals surface area (Å²) < 4.78 is 0. The van der Waals surface area contributed by atoms with Gasteiger partial charge < -0.3 is 5.11 Å². The molecule has 2 rings (SSSR count). The zero-order valence-electron chi connectivity index (χ0n) is 7.63. The van der Waals surface area contributed by atoms with E-state index in [1.807, 2.05) is 0 Å². The van der Waals surface area contributed by atoms with E-state index in [0.29, 0.717) is 12.0 Å². The van der Waals surface area contributed by atoms with Crippen LogP contribution in [0.4, 0.5) is 0 Å². The highest BCUT2D eigenvalue weighted by Crippen LogP contribution is 2.51. The van der Waals surface area contributed by atoms with E-state index in [1.165, 1.54) is 38.5 Å². The number of hydrogen-bond donors (Lipinski definition) is 1. The van der Waals surface area contributed by atoms with Crippen molar-refractivity contribution in [3.63, 3.8) is 0 Å². The molecule has 1 saturated carbocycles. The molecule has 2 aliphatic carbocycles. The molecule has 1 nitrogen and oxygen atoms in total. The van der Waals surface area contributed by atoms with Crippen molar-refractivity contribution in [1.82, 2.24) is 0 Å². The molecule has 12 heavy (non-hydrogen) atoms. The number of hydrogen-bond acceptors (Lipinski definition) is 1. The molecule has 0 saturated heterocycles. The maximum Gasteiger partial charge on any atom is 0.0487 e. The summed E-state index contributed by atoms with van der Waals surface area (Å²) in [5.41, 5.74) is 0.371. The van der Waals surface area contributed by atoms with Gasteiger partial charge in [0.2, 0.25) is 0 Å². The zero-order chi connectivity index (χ0) is 8.44. The minimum atomic E-state index is 0.371. The fourth-order valence-corrected chi connectivity index (χ4v) is 2.26. The third-order valence-electron chi connectivity index (χ3n) is 3.39. The second-order valence-corrected chi connectivity index (χ2v) is 4.51. The van der Waals surface area contributed by atoms with Crippen LogP contribution in [0.3, 0.4) is 0 Å². The SMILES string of the molecule is OCC1(CC2CC=CCC2)CC1. The first-order valence-corrected chi connectivity index (χ1v) is 5.11. The van der Waals surface area contributed by atoms with Crippen molar-refractivity contribution in [3.8, 4) is 0 Å². The van der Waals surface area contributed by atoms with Crippen LogP contribution in [0.15, 0.2) is 12.2 Å². The van der Waals surface area contributed by atoms with Crippen LogP contribution in [0, 0.1) is 11.3 Å². The molecule has 0 aromatic carbocycles. The van der Waals surface area contributed by atoms with Gasteiger partial charge >= 0.3 is 0 Å². The molecule has 1 heteroatoms. The summed E-state index contributed by atoms with van der Waals surface area (Å²) >= 11 is 0. The van der Waals surface area contributed by atoms with Crippen LogP contribution in [-0.4, -0.2) is 11.7 Å². The Morgan fingerprint density at radius 3 is 2.67 bits per heavy atom. The van der Waals surface area contributed by atoms with E-state index in [9.17, 15) is 0 Å². The fraction of sp³-hybridized carbons (Fsp3) is 0.818. The molecular formula is C11H18O. The van der Waals surface area contributed by atoms with Gasteiger partial charge in [0.05, 0.1) is 0 Å². The van der Waals surface area contributed by atoms with Crippen LogP contribution in [0.2, 0.25) is 0 Å². The molecule has 1 unspecified atom stereocenters. The summed E-state index contributed by atoms with van der Waals surface area (Å²) in [6.45, 7) is 0.424. The van der Waals surface area contributed by atoms with Crippen molar-refractivity contribution < 1.29 is 5.11 Å². The van der Waals surface area contributed by atoms with Gasteiger partial charge in [-0.3, -0.25) is 0 Å². The summed E-state index contributed by atoms with van der Waals surface area (Å²) in [6.07, 6.45) is 12.3. The summed E-state index contributed by atoms with van der Waals surface area (Å²) in [5.74, 6) is 0.865. The molecule has 0 radical (unpaired) electrons. The van der Waals surface area contributed by atoms with Crippen LogP contribution >= 0.6 is 0 Å². The Morgan fingerprint density at radius 2 is 2.17 bits per heavy atom. The quantitative estimate of drug-likeness (QED) is 0.639. The predicted molar refractivity (Wildman–Crippen MR) is 49.9 cm³/mol. The Labute approximate surface area is 74.5 Å². The maximum atomic E-state index is 9.17. The van der Waals surface area contributed by atoms with Gasteiger partial charge in [0.1, 0.15) is 0 Å². The molecule has 0 spiro atoms. The minimum absolute atomic E-state index is 0.371. The molecule has 0 heterocycles. The van der Waals surface area contributed by atoms with Crippen LogP contribution in [0.5, 0.6) is 0 Å². The van der Waals surface area contributed by atoms with E-state index in [2.05, 4.69) is 12.2 Å². The molecule has 0 aromatic rings. The van der Waals surface area contributed by atoms with Crippen molar-refractivity contribution in [2.75, 3.05) is 6.61 Å². The van der Waals surface area contributed by atoms with Gasteiger partial charge in [-0.05, 0) is 49.9 Å². The average molecular weight is 166 g/mol. The molecule has 68 valence electrons. The lowest BCUT2D eigenvalue weighted by atomic mass is 9.84. The van der Waals surface area contributed by atoms with Crippen molar-refractivity contribution in [1.29, 1.82) is 0 Å². The second-order valence-electron chi connectivity index (χ2n) is 4.51. The summed E-state index contributed by atoms with van der Waals surface area (Å²) in [5, 5.41) is 9.17. The van der Waals surface area contributed by atoms with Crippen molar-refractivity contribution >= 4 is 0 Å². The lowest BCUT2D eigenvalue weighted by molar-refractivity contribution is 0.180. The van der Waals surface area contributed by atoms with Gasteiger partial charge in [0, 0.05) is 6.61 Å². The first kappa shape index (κ1) is 8.31. The predicted octanol–water partition coefficient (Wildman–Crippen LogP) is 2.51. The van der Waals surface area contributed by atoms with Crippen molar-refractivity contribution in [3.05, 3.63) is 12.2 Å². The Balaban J connectivity index is 1.82. The van der Waals surface area contributed by atoms with Gasteiger partial charge in [-0.2, -0.15) is 0 Å². The number of rotatable bonds is 3. The standard InChI is InChI=1S/C11H18O/c12-9-11(6-7-11)8-10-4-2-1-3-5-10/h1-2,10,12H,3-9H2. The van der Waals surface area contributed by atoms with Gasteiger partial charge in [-0.1, -0.05) is 12.2 Å². The van der Waals surface area contributed by atoms with E-state index >= 15 is 0 Å². The van der Waals surface area contributed by atoms with E-state index in [1.54, 1.807) is 0 Å². The molecule has 0 aromatic heterocycles. The number of aliphatic hydroxyl groups excluding tert-OH is 1. The smallest absolute Gasteiger partial charge is 0.0487 e. The van der Waals surface area contributed by atoms with Gasteiger partial charge in [-0.15, -0.1) is 0 Å². The van der Waals surface area contributed by atoms with Crippen LogP contribution in [-0.2, 0) is 0 Å². The Kier molecular flexibility index (Phi) is 2.22. The largest absolute Gasteiger partial charge is 0.396 e. The fourth-order valence-electron chi connectivity index (χ4n) is 2.26. The average Bonchev–Trinajstić information content (AvgIpc) is 2.88. The second kappa shape index (κ2) is 3.21. The molecule has 0 bridgehead atoms. The molecule has 0 aliphatic heterocycles. The topological polar surface area (TPSA) is 20.2 Å². The Bertz CT molecular complexity index is 179. The zero-order valence-corrected chi connectivity index (χ0v) is 7.63. The number of aliphatic hydroxyl groups is 1. The first-order chi connectivity index (χ1) is 5.85. The van der Waals surface area contributed by atoms with E-state index in [-0.39, 0.29) is 0 Å². The van der Waals surface area contributed by atoms with Crippen molar-refractivity contribution in [2.24, 2.45) is 11.3 Å². The Hall–Kier alpha value is -0.300. The van der Waals surface area contributed by atoms with Crippen LogP contribution < -0.4 is 0 Å². The minimum Gasteiger partial charge on any atom is -0.396 e. The number of allylic oxidation sites excluding steroid dienone is 2. The Morgan fingerprint density at radius 1 is 1.33 bits per heavy atom.